The molecule has 17 heavy (non-hydrogen) atoms. The topological polar surface area (TPSA) is 57.9 Å². The molecule has 4 nitrogen and oxygen atoms in total. The number of rotatable bonds is 2. The van der Waals surface area contributed by atoms with Gasteiger partial charge in [0, 0.05) is 24.7 Å². The first-order valence-electron chi connectivity index (χ1n) is 5.53. The molecule has 2 heterocycles. The standard InChI is InChI=1S/C13H11N3O/c14-5-9-6-16-12-4-2-1-3-11(12)13(9)17-10-7-15-8-10/h1-4,6,10,15H,7-8H2. The van der Waals surface area contributed by atoms with Gasteiger partial charge in [-0.3, -0.25) is 4.98 Å². The molecule has 0 bridgehead atoms. The van der Waals surface area contributed by atoms with Crippen molar-refractivity contribution in [2.45, 2.75) is 6.10 Å². The summed E-state index contributed by atoms with van der Waals surface area (Å²) in [4.78, 5) is 4.25. The van der Waals surface area contributed by atoms with Crippen LogP contribution in [-0.2, 0) is 0 Å². The molecule has 0 spiro atoms. The van der Waals surface area contributed by atoms with Crippen molar-refractivity contribution in [2.75, 3.05) is 13.1 Å². The molecule has 1 aliphatic heterocycles. The highest BCUT2D eigenvalue weighted by Gasteiger charge is 2.21. The number of fused-ring (bicyclic) bond motifs is 1. The predicted molar refractivity (Wildman–Crippen MR) is 63.7 cm³/mol. The Morgan fingerprint density at radius 1 is 1.35 bits per heavy atom. The second-order valence-electron chi connectivity index (χ2n) is 4.03. The van der Waals surface area contributed by atoms with Gasteiger partial charge in [-0.25, -0.2) is 0 Å². The van der Waals surface area contributed by atoms with Crippen molar-refractivity contribution in [3.63, 3.8) is 0 Å². The number of nitrogens with one attached hydrogen (secondary N) is 1. The molecule has 3 rings (SSSR count). The van der Waals surface area contributed by atoms with Crippen LogP contribution in [0.5, 0.6) is 5.75 Å². The van der Waals surface area contributed by atoms with Gasteiger partial charge in [-0.1, -0.05) is 12.1 Å². The Morgan fingerprint density at radius 3 is 2.88 bits per heavy atom. The van der Waals surface area contributed by atoms with Crippen LogP contribution in [-0.4, -0.2) is 24.2 Å². The van der Waals surface area contributed by atoms with Crippen molar-refractivity contribution in [3.05, 3.63) is 36.0 Å². The zero-order valence-electron chi connectivity index (χ0n) is 9.18. The molecule has 84 valence electrons. The largest absolute Gasteiger partial charge is 0.486 e. The zero-order valence-corrected chi connectivity index (χ0v) is 9.18. The van der Waals surface area contributed by atoms with Gasteiger partial charge in [-0.05, 0) is 12.1 Å². The number of hydrogen-bond acceptors (Lipinski definition) is 4. The summed E-state index contributed by atoms with van der Waals surface area (Å²) < 4.78 is 5.86. The van der Waals surface area contributed by atoms with Gasteiger partial charge in [0.1, 0.15) is 23.5 Å². The van der Waals surface area contributed by atoms with Gasteiger partial charge >= 0.3 is 0 Å². The van der Waals surface area contributed by atoms with Crippen LogP contribution in [0.2, 0.25) is 0 Å². The number of aromatic nitrogens is 1. The van der Waals surface area contributed by atoms with Crippen LogP contribution in [0.25, 0.3) is 10.9 Å². The number of ether oxygens (including phenoxy) is 1. The van der Waals surface area contributed by atoms with Crippen LogP contribution in [0.3, 0.4) is 0 Å². The number of para-hydroxylation sites is 1. The lowest BCUT2D eigenvalue weighted by molar-refractivity contribution is 0.144. The van der Waals surface area contributed by atoms with Crippen molar-refractivity contribution < 1.29 is 4.74 Å². The quantitative estimate of drug-likeness (QED) is 0.840. The molecule has 2 aromatic rings. The third-order valence-corrected chi connectivity index (χ3v) is 2.88. The summed E-state index contributed by atoms with van der Waals surface area (Å²) in [5, 5.41) is 13.1. The van der Waals surface area contributed by atoms with Crippen molar-refractivity contribution >= 4 is 10.9 Å². The monoisotopic (exact) mass is 225 g/mol. The van der Waals surface area contributed by atoms with E-state index >= 15 is 0 Å². The average Bonchev–Trinajstić information content (AvgIpc) is 2.33. The first-order valence-corrected chi connectivity index (χ1v) is 5.53. The fraction of sp³-hybridized carbons (Fsp3) is 0.231. The molecule has 0 amide bonds. The maximum absolute atomic E-state index is 9.10. The van der Waals surface area contributed by atoms with Gasteiger partial charge in [-0.2, -0.15) is 5.26 Å². The molecule has 4 heteroatoms. The van der Waals surface area contributed by atoms with E-state index in [0.717, 1.165) is 24.0 Å². The Hall–Kier alpha value is -2.12. The number of hydrogen-bond donors (Lipinski definition) is 1. The Labute approximate surface area is 98.8 Å². The smallest absolute Gasteiger partial charge is 0.148 e. The van der Waals surface area contributed by atoms with E-state index in [2.05, 4.69) is 16.4 Å². The second kappa shape index (κ2) is 4.04. The molecule has 0 atom stereocenters. The first kappa shape index (κ1) is 10.1. The molecule has 1 N–H and O–H groups in total. The Balaban J connectivity index is 2.13. The summed E-state index contributed by atoms with van der Waals surface area (Å²) in [5.41, 5.74) is 1.35. The lowest BCUT2D eigenvalue weighted by Crippen LogP contribution is -2.50. The molecule has 1 saturated heterocycles. The summed E-state index contributed by atoms with van der Waals surface area (Å²) in [5.74, 6) is 0.657. The third-order valence-electron chi connectivity index (χ3n) is 2.88. The van der Waals surface area contributed by atoms with Gasteiger partial charge in [0.05, 0.1) is 5.52 Å². The van der Waals surface area contributed by atoms with Gasteiger partial charge in [0.25, 0.3) is 0 Å². The van der Waals surface area contributed by atoms with E-state index in [0.29, 0.717) is 11.3 Å². The van der Waals surface area contributed by atoms with Crippen molar-refractivity contribution in [1.29, 1.82) is 5.26 Å². The molecule has 0 unspecified atom stereocenters. The number of benzene rings is 1. The van der Waals surface area contributed by atoms with Gasteiger partial charge in [-0.15, -0.1) is 0 Å². The predicted octanol–water partition coefficient (Wildman–Crippen LogP) is 1.46. The maximum atomic E-state index is 9.10. The Morgan fingerprint density at radius 2 is 2.18 bits per heavy atom. The van der Waals surface area contributed by atoms with Crippen LogP contribution >= 0.6 is 0 Å². The van der Waals surface area contributed by atoms with Crippen molar-refractivity contribution in [2.24, 2.45) is 0 Å². The molecule has 0 saturated carbocycles. The average molecular weight is 225 g/mol. The SMILES string of the molecule is N#Cc1cnc2ccccc2c1OC1CNC1. The van der Waals surface area contributed by atoms with E-state index in [1.54, 1.807) is 6.20 Å². The van der Waals surface area contributed by atoms with E-state index in [-0.39, 0.29) is 6.10 Å². The van der Waals surface area contributed by atoms with Gasteiger partial charge in [0.2, 0.25) is 0 Å². The van der Waals surface area contributed by atoms with Crippen LogP contribution in [0, 0.1) is 11.3 Å². The second-order valence-corrected chi connectivity index (χ2v) is 4.03. The lowest BCUT2D eigenvalue weighted by atomic mass is 10.1. The first-order chi connectivity index (χ1) is 8.38. The number of nitrogens with zero attached hydrogens (tertiary/aromatic N) is 2. The van der Waals surface area contributed by atoms with E-state index < -0.39 is 0 Å². The molecule has 0 aliphatic carbocycles. The summed E-state index contributed by atoms with van der Waals surface area (Å²) in [6.45, 7) is 1.67. The fourth-order valence-corrected chi connectivity index (χ4v) is 1.83. The van der Waals surface area contributed by atoms with Crippen molar-refractivity contribution in [3.8, 4) is 11.8 Å². The Kier molecular flexibility index (Phi) is 2.39. The summed E-state index contributed by atoms with van der Waals surface area (Å²) >= 11 is 0. The lowest BCUT2D eigenvalue weighted by Gasteiger charge is -2.28. The number of pyridine rings is 1. The molecule has 1 fully saturated rings. The van der Waals surface area contributed by atoms with Crippen LogP contribution in [0.15, 0.2) is 30.5 Å². The molecule has 0 radical (unpaired) electrons. The fourth-order valence-electron chi connectivity index (χ4n) is 1.83. The minimum Gasteiger partial charge on any atom is -0.486 e. The highest BCUT2D eigenvalue weighted by molar-refractivity contribution is 5.87. The minimum atomic E-state index is 0.160. The normalized spacial score (nSPS) is 15.2. The minimum absolute atomic E-state index is 0.160. The zero-order chi connectivity index (χ0) is 11.7. The van der Waals surface area contributed by atoms with E-state index in [9.17, 15) is 0 Å². The molecule has 1 aromatic carbocycles. The number of nitriles is 1. The van der Waals surface area contributed by atoms with E-state index in [1.165, 1.54) is 0 Å². The highest BCUT2D eigenvalue weighted by atomic mass is 16.5. The maximum Gasteiger partial charge on any atom is 0.148 e. The third kappa shape index (κ3) is 1.71. The van der Waals surface area contributed by atoms with Crippen LogP contribution < -0.4 is 10.1 Å². The molecule has 1 aliphatic rings. The molecular weight excluding hydrogens is 214 g/mol. The highest BCUT2D eigenvalue weighted by Crippen LogP contribution is 2.29. The van der Waals surface area contributed by atoms with Crippen LogP contribution in [0.4, 0.5) is 0 Å². The summed E-state index contributed by atoms with van der Waals surface area (Å²) in [7, 11) is 0. The van der Waals surface area contributed by atoms with E-state index in [1.807, 2.05) is 24.3 Å². The summed E-state index contributed by atoms with van der Waals surface area (Å²) in [6, 6.07) is 9.84. The Bertz CT molecular complexity index is 599. The van der Waals surface area contributed by atoms with Gasteiger partial charge in [0.15, 0.2) is 0 Å². The molecular formula is C13H11N3O. The van der Waals surface area contributed by atoms with Crippen LogP contribution in [0.1, 0.15) is 5.56 Å². The van der Waals surface area contributed by atoms with Crippen molar-refractivity contribution in [1.82, 2.24) is 10.3 Å². The van der Waals surface area contributed by atoms with E-state index in [4.69, 9.17) is 10.00 Å². The summed E-state index contributed by atoms with van der Waals surface area (Å²) in [6.07, 6.45) is 1.73. The van der Waals surface area contributed by atoms with Gasteiger partial charge < -0.3 is 10.1 Å². The molecule has 1 aromatic heterocycles.